The zero-order chi connectivity index (χ0) is 16.3. The zero-order valence-electron chi connectivity index (χ0n) is 13.9. The van der Waals surface area contributed by atoms with Crippen molar-refractivity contribution in [3.05, 3.63) is 41.8 Å². The quantitative estimate of drug-likeness (QED) is 0.860. The molecule has 1 saturated heterocycles. The van der Waals surface area contributed by atoms with Gasteiger partial charge in [0.05, 0.1) is 11.9 Å². The highest BCUT2D eigenvalue weighted by Crippen LogP contribution is 2.22. The second-order valence-electron chi connectivity index (χ2n) is 7.00. The van der Waals surface area contributed by atoms with Gasteiger partial charge in [0, 0.05) is 29.8 Å². The van der Waals surface area contributed by atoms with Crippen molar-refractivity contribution >= 4 is 0 Å². The lowest BCUT2D eigenvalue weighted by Crippen LogP contribution is -2.48. The Balaban J connectivity index is 1.64. The first kappa shape index (κ1) is 16.1. The Morgan fingerprint density at radius 3 is 2.61 bits per heavy atom. The Morgan fingerprint density at radius 1 is 1.22 bits per heavy atom. The highest BCUT2D eigenvalue weighted by molar-refractivity contribution is 5.62. The number of hydrogen-bond donors (Lipinski definition) is 2. The first-order chi connectivity index (χ1) is 11.0. The highest BCUT2D eigenvalue weighted by Gasteiger charge is 2.23. The van der Waals surface area contributed by atoms with Gasteiger partial charge in [0.25, 0.3) is 0 Å². The van der Waals surface area contributed by atoms with Gasteiger partial charge in [0.15, 0.2) is 0 Å². The molecular weight excluding hydrogens is 291 g/mol. The first-order valence-electron chi connectivity index (χ1n) is 8.29. The molecule has 1 aromatic heterocycles. The van der Waals surface area contributed by atoms with E-state index in [9.17, 15) is 4.39 Å². The number of benzene rings is 1. The third-order valence-electron chi connectivity index (χ3n) is 4.43. The summed E-state index contributed by atoms with van der Waals surface area (Å²) in [5, 5.41) is 10.8. The fourth-order valence-corrected chi connectivity index (χ4v) is 3.20. The van der Waals surface area contributed by atoms with E-state index in [0.29, 0.717) is 0 Å². The van der Waals surface area contributed by atoms with Crippen molar-refractivity contribution in [3.63, 3.8) is 0 Å². The maximum Gasteiger partial charge on any atom is 0.123 e. The average Bonchev–Trinajstić information content (AvgIpc) is 3.17. The smallest absolute Gasteiger partial charge is 0.123 e. The summed E-state index contributed by atoms with van der Waals surface area (Å²) in [6, 6.07) is 6.51. The van der Waals surface area contributed by atoms with Crippen LogP contribution in [0, 0.1) is 5.82 Å². The molecule has 124 valence electrons. The largest absolute Gasteiger partial charge is 0.306 e. The van der Waals surface area contributed by atoms with Crippen molar-refractivity contribution in [2.24, 2.45) is 0 Å². The van der Waals surface area contributed by atoms with Crippen molar-refractivity contribution in [1.29, 1.82) is 0 Å². The molecule has 3 rings (SSSR count). The van der Waals surface area contributed by atoms with Crippen LogP contribution in [0.25, 0.3) is 11.3 Å². The maximum atomic E-state index is 13.1. The Labute approximate surface area is 137 Å². The number of halogens is 1. The van der Waals surface area contributed by atoms with Gasteiger partial charge in [-0.1, -0.05) is 0 Å². The van der Waals surface area contributed by atoms with Crippen LogP contribution in [0.3, 0.4) is 0 Å². The second-order valence-corrected chi connectivity index (χ2v) is 7.00. The minimum Gasteiger partial charge on any atom is -0.306 e. The van der Waals surface area contributed by atoms with Gasteiger partial charge >= 0.3 is 0 Å². The molecule has 0 unspecified atom stereocenters. The fraction of sp³-hybridized carbons (Fsp3) is 0.500. The Hall–Kier alpha value is -1.72. The van der Waals surface area contributed by atoms with Crippen LogP contribution in [0.1, 0.15) is 32.3 Å². The van der Waals surface area contributed by atoms with Gasteiger partial charge in [-0.3, -0.25) is 5.10 Å². The SMILES string of the molecule is CC(C)(CN1CCCC1)NCc1cn[nH]c1-c1ccc(F)cc1. The average molecular weight is 316 g/mol. The monoisotopic (exact) mass is 316 g/mol. The standard InChI is InChI=1S/C18H25FN4/c1-18(2,13-23-9-3-4-10-23)20-11-15-12-21-22-17(15)14-5-7-16(19)8-6-14/h5-8,12,20H,3-4,9-11,13H2,1-2H3,(H,21,22). The van der Waals surface area contributed by atoms with Crippen molar-refractivity contribution in [3.8, 4) is 11.3 Å². The number of rotatable bonds is 6. The van der Waals surface area contributed by atoms with E-state index in [1.54, 1.807) is 12.1 Å². The summed E-state index contributed by atoms with van der Waals surface area (Å²) in [5.74, 6) is -0.223. The van der Waals surface area contributed by atoms with Crippen LogP contribution in [0.5, 0.6) is 0 Å². The van der Waals surface area contributed by atoms with Crippen molar-refractivity contribution in [1.82, 2.24) is 20.4 Å². The van der Waals surface area contributed by atoms with Crippen LogP contribution in [0.2, 0.25) is 0 Å². The fourth-order valence-electron chi connectivity index (χ4n) is 3.20. The number of hydrogen-bond acceptors (Lipinski definition) is 3. The summed E-state index contributed by atoms with van der Waals surface area (Å²) in [6.45, 7) is 8.68. The number of H-pyrrole nitrogens is 1. The second kappa shape index (κ2) is 6.81. The molecule has 4 nitrogen and oxygen atoms in total. The van der Waals surface area contributed by atoms with E-state index in [1.807, 2.05) is 6.20 Å². The Morgan fingerprint density at radius 2 is 1.91 bits per heavy atom. The highest BCUT2D eigenvalue weighted by atomic mass is 19.1. The summed E-state index contributed by atoms with van der Waals surface area (Å²) in [4.78, 5) is 2.52. The number of likely N-dealkylation sites (tertiary alicyclic amines) is 1. The molecule has 0 saturated carbocycles. The van der Waals surface area contributed by atoms with E-state index < -0.39 is 0 Å². The molecule has 2 N–H and O–H groups in total. The lowest BCUT2D eigenvalue weighted by Gasteiger charge is -2.31. The van der Waals surface area contributed by atoms with Gasteiger partial charge in [-0.05, 0) is 64.0 Å². The Bertz CT molecular complexity index is 627. The van der Waals surface area contributed by atoms with Crippen molar-refractivity contribution < 1.29 is 4.39 Å². The molecule has 5 heteroatoms. The molecule has 0 atom stereocenters. The van der Waals surface area contributed by atoms with E-state index >= 15 is 0 Å². The number of nitrogens with zero attached hydrogens (tertiary/aromatic N) is 2. The van der Waals surface area contributed by atoms with Gasteiger partial charge in [-0.15, -0.1) is 0 Å². The minimum absolute atomic E-state index is 0.0433. The molecule has 1 aliphatic heterocycles. The third kappa shape index (κ3) is 4.18. The van der Waals surface area contributed by atoms with Gasteiger partial charge in [0.1, 0.15) is 5.82 Å². The van der Waals surface area contributed by atoms with E-state index in [0.717, 1.165) is 29.9 Å². The third-order valence-corrected chi connectivity index (χ3v) is 4.43. The van der Waals surface area contributed by atoms with Crippen LogP contribution in [-0.4, -0.2) is 40.3 Å². The summed E-state index contributed by atoms with van der Waals surface area (Å²) in [5.41, 5.74) is 3.06. The summed E-state index contributed by atoms with van der Waals surface area (Å²) >= 11 is 0. The molecule has 23 heavy (non-hydrogen) atoms. The summed E-state index contributed by atoms with van der Waals surface area (Å²) in [6.07, 6.45) is 4.47. The maximum absolute atomic E-state index is 13.1. The molecule has 1 aromatic carbocycles. The molecule has 0 radical (unpaired) electrons. The first-order valence-corrected chi connectivity index (χ1v) is 8.29. The zero-order valence-corrected chi connectivity index (χ0v) is 13.9. The predicted molar refractivity (Wildman–Crippen MR) is 90.6 cm³/mol. The van der Waals surface area contributed by atoms with Crippen LogP contribution in [0.15, 0.2) is 30.5 Å². The lowest BCUT2D eigenvalue weighted by atomic mass is 10.0. The molecular formula is C18H25FN4. The van der Waals surface area contributed by atoms with Crippen LogP contribution >= 0.6 is 0 Å². The van der Waals surface area contributed by atoms with Gasteiger partial charge in [0.2, 0.25) is 0 Å². The van der Waals surface area contributed by atoms with E-state index in [1.165, 1.54) is 38.1 Å². The van der Waals surface area contributed by atoms with E-state index in [2.05, 4.69) is 34.3 Å². The molecule has 0 bridgehead atoms. The van der Waals surface area contributed by atoms with Gasteiger partial charge in [-0.25, -0.2) is 4.39 Å². The van der Waals surface area contributed by atoms with Crippen LogP contribution < -0.4 is 5.32 Å². The van der Waals surface area contributed by atoms with Gasteiger partial charge in [-0.2, -0.15) is 5.10 Å². The molecule has 0 amide bonds. The molecule has 2 aromatic rings. The number of aromatic amines is 1. The van der Waals surface area contributed by atoms with Crippen LogP contribution in [0.4, 0.5) is 4.39 Å². The van der Waals surface area contributed by atoms with Crippen LogP contribution in [-0.2, 0) is 6.54 Å². The van der Waals surface area contributed by atoms with E-state index in [4.69, 9.17) is 0 Å². The molecule has 0 aliphatic carbocycles. The molecule has 0 spiro atoms. The topological polar surface area (TPSA) is 44.0 Å². The minimum atomic E-state index is -0.223. The van der Waals surface area contributed by atoms with E-state index in [-0.39, 0.29) is 11.4 Å². The molecule has 1 aliphatic rings. The van der Waals surface area contributed by atoms with Gasteiger partial charge < -0.3 is 10.2 Å². The Kier molecular flexibility index (Phi) is 4.78. The van der Waals surface area contributed by atoms with Crippen molar-refractivity contribution in [2.75, 3.05) is 19.6 Å². The van der Waals surface area contributed by atoms with Crippen molar-refractivity contribution in [2.45, 2.75) is 38.8 Å². The number of aromatic nitrogens is 2. The summed E-state index contributed by atoms with van der Waals surface area (Å²) in [7, 11) is 0. The normalized spacial score (nSPS) is 16.1. The molecule has 1 fully saturated rings. The number of nitrogens with one attached hydrogen (secondary N) is 2. The molecule has 2 heterocycles. The lowest BCUT2D eigenvalue weighted by molar-refractivity contribution is 0.234. The predicted octanol–water partition coefficient (Wildman–Crippen LogP) is 3.18. The summed E-state index contributed by atoms with van der Waals surface area (Å²) < 4.78 is 13.1.